The number of aromatic hydroxyl groups is 1. The maximum atomic E-state index is 10.6. The van der Waals surface area contributed by atoms with Gasteiger partial charge in [0.25, 0.3) is 0 Å². The molecular weight excluding hydrogens is 288 g/mol. The second-order valence-corrected chi connectivity index (χ2v) is 8.13. The lowest BCUT2D eigenvalue weighted by molar-refractivity contribution is -0.0976. The lowest BCUT2D eigenvalue weighted by Gasteiger charge is -2.56. The van der Waals surface area contributed by atoms with Gasteiger partial charge in [0.15, 0.2) is 11.5 Å². The van der Waals surface area contributed by atoms with Crippen LogP contribution < -0.4 is 4.74 Å². The van der Waals surface area contributed by atoms with Gasteiger partial charge < -0.3 is 14.9 Å². The summed E-state index contributed by atoms with van der Waals surface area (Å²) in [6, 6.07) is 3.98. The van der Waals surface area contributed by atoms with E-state index in [-0.39, 0.29) is 17.3 Å². The highest BCUT2D eigenvalue weighted by Crippen LogP contribution is 2.60. The van der Waals surface area contributed by atoms with Crippen molar-refractivity contribution in [3.05, 3.63) is 23.3 Å². The van der Waals surface area contributed by atoms with Gasteiger partial charge in [-0.1, -0.05) is 13.3 Å². The third-order valence-electron chi connectivity index (χ3n) is 7.22. The second-order valence-electron chi connectivity index (χ2n) is 8.13. The Hall–Kier alpha value is -1.22. The average Bonchev–Trinajstić information content (AvgIpc) is 2.55. The number of benzene rings is 1. The van der Waals surface area contributed by atoms with E-state index in [1.807, 2.05) is 6.07 Å². The molecule has 4 rings (SSSR count). The van der Waals surface area contributed by atoms with Crippen LogP contribution in [0.2, 0.25) is 0 Å². The quantitative estimate of drug-likeness (QED) is 0.823. The van der Waals surface area contributed by atoms with Crippen molar-refractivity contribution < 1.29 is 14.9 Å². The standard InChI is InChI=1S/C20H28O3/c1-20-9-8-13-14(16(20)4-3-5-19(20)22)7-6-12-10-17(21)18(23-2)11-15(12)13/h10-11,13-14,16,19,21-22H,3-9H2,1-2H3/t13-,14+,16-,19-,20-/m0/s1. The minimum absolute atomic E-state index is 0.109. The number of fused-ring (bicyclic) bond motifs is 5. The van der Waals surface area contributed by atoms with Crippen molar-refractivity contribution in [3.8, 4) is 11.5 Å². The predicted molar refractivity (Wildman–Crippen MR) is 89.9 cm³/mol. The Labute approximate surface area is 138 Å². The molecule has 2 saturated carbocycles. The van der Waals surface area contributed by atoms with Gasteiger partial charge in [-0.25, -0.2) is 0 Å². The minimum Gasteiger partial charge on any atom is -0.504 e. The van der Waals surface area contributed by atoms with Crippen LogP contribution in [0.5, 0.6) is 11.5 Å². The number of rotatable bonds is 1. The van der Waals surface area contributed by atoms with Gasteiger partial charge in [-0.3, -0.25) is 0 Å². The summed E-state index contributed by atoms with van der Waals surface area (Å²) in [4.78, 5) is 0. The summed E-state index contributed by atoms with van der Waals surface area (Å²) in [7, 11) is 1.62. The molecule has 3 aliphatic rings. The van der Waals surface area contributed by atoms with Crippen LogP contribution in [-0.4, -0.2) is 23.4 Å². The monoisotopic (exact) mass is 316 g/mol. The summed E-state index contributed by atoms with van der Waals surface area (Å²) in [6.07, 6.45) is 7.77. The molecule has 0 unspecified atom stereocenters. The SMILES string of the molecule is COc1cc2c(cc1O)CC[C@@H]1[C@@H]2CC[C@]2(C)[C@@H](O)CCC[C@@H]12. The van der Waals surface area contributed by atoms with E-state index in [1.165, 1.54) is 24.0 Å². The second kappa shape index (κ2) is 5.41. The van der Waals surface area contributed by atoms with Crippen LogP contribution in [-0.2, 0) is 6.42 Å². The van der Waals surface area contributed by atoms with Gasteiger partial charge in [-0.15, -0.1) is 0 Å². The van der Waals surface area contributed by atoms with E-state index in [9.17, 15) is 10.2 Å². The minimum atomic E-state index is -0.127. The predicted octanol–water partition coefficient (Wildman–Crippen LogP) is 4.01. The fraction of sp³-hybridized carbons (Fsp3) is 0.700. The summed E-state index contributed by atoms with van der Waals surface area (Å²) in [5, 5.41) is 20.7. The van der Waals surface area contributed by atoms with Crippen LogP contribution in [0, 0.1) is 17.3 Å². The zero-order chi connectivity index (χ0) is 16.2. The first-order valence-corrected chi connectivity index (χ1v) is 9.12. The third kappa shape index (κ3) is 2.20. The van der Waals surface area contributed by atoms with E-state index < -0.39 is 0 Å². The molecule has 0 spiro atoms. The summed E-state index contributed by atoms with van der Waals surface area (Å²) in [5.41, 5.74) is 2.79. The number of hydrogen-bond acceptors (Lipinski definition) is 3. The highest BCUT2D eigenvalue weighted by Gasteiger charge is 2.52. The highest BCUT2D eigenvalue weighted by molar-refractivity contribution is 5.49. The van der Waals surface area contributed by atoms with Crippen LogP contribution in [0.25, 0.3) is 0 Å². The molecule has 3 aliphatic carbocycles. The van der Waals surface area contributed by atoms with Crippen molar-refractivity contribution in [1.29, 1.82) is 0 Å². The first-order chi connectivity index (χ1) is 11.0. The molecule has 0 aromatic heterocycles. The Kier molecular flexibility index (Phi) is 3.60. The topological polar surface area (TPSA) is 49.7 Å². The van der Waals surface area contributed by atoms with Crippen molar-refractivity contribution in [2.75, 3.05) is 7.11 Å². The molecule has 0 radical (unpaired) electrons. The zero-order valence-electron chi connectivity index (χ0n) is 14.2. The van der Waals surface area contributed by atoms with Crippen LogP contribution in [0.4, 0.5) is 0 Å². The number of ether oxygens (including phenoxy) is 1. The smallest absolute Gasteiger partial charge is 0.160 e. The van der Waals surface area contributed by atoms with E-state index in [1.54, 1.807) is 7.11 Å². The first-order valence-electron chi connectivity index (χ1n) is 9.12. The third-order valence-corrected chi connectivity index (χ3v) is 7.22. The molecule has 126 valence electrons. The molecule has 2 fully saturated rings. The van der Waals surface area contributed by atoms with Gasteiger partial charge in [-0.2, -0.15) is 0 Å². The lowest BCUT2D eigenvalue weighted by atomic mass is 9.50. The van der Waals surface area contributed by atoms with Gasteiger partial charge in [0.1, 0.15) is 0 Å². The zero-order valence-corrected chi connectivity index (χ0v) is 14.2. The van der Waals surface area contributed by atoms with Crippen LogP contribution >= 0.6 is 0 Å². The number of aryl methyl sites for hydroxylation is 1. The molecule has 2 N–H and O–H groups in total. The Morgan fingerprint density at radius 3 is 2.78 bits per heavy atom. The molecule has 1 aromatic rings. The van der Waals surface area contributed by atoms with Crippen LogP contribution in [0.15, 0.2) is 12.1 Å². The van der Waals surface area contributed by atoms with Crippen molar-refractivity contribution in [2.24, 2.45) is 17.3 Å². The first kappa shape index (κ1) is 15.3. The maximum absolute atomic E-state index is 10.6. The molecule has 23 heavy (non-hydrogen) atoms. The number of hydrogen-bond donors (Lipinski definition) is 2. The van der Waals surface area contributed by atoms with Crippen molar-refractivity contribution in [2.45, 2.75) is 63.9 Å². The van der Waals surface area contributed by atoms with Gasteiger partial charge in [-0.05, 0) is 85.0 Å². The molecule has 0 bridgehead atoms. The number of phenolic OH excluding ortho intramolecular Hbond substituents is 1. The summed E-state index contributed by atoms with van der Waals surface area (Å²) < 4.78 is 5.34. The van der Waals surface area contributed by atoms with Crippen molar-refractivity contribution in [3.63, 3.8) is 0 Å². The molecule has 3 nitrogen and oxygen atoms in total. The van der Waals surface area contributed by atoms with E-state index in [4.69, 9.17) is 4.74 Å². The Morgan fingerprint density at radius 2 is 2.00 bits per heavy atom. The lowest BCUT2D eigenvalue weighted by Crippen LogP contribution is -2.51. The average molecular weight is 316 g/mol. The Balaban J connectivity index is 1.71. The number of aliphatic hydroxyl groups is 1. The highest BCUT2D eigenvalue weighted by atomic mass is 16.5. The van der Waals surface area contributed by atoms with Gasteiger partial charge in [0, 0.05) is 0 Å². The molecule has 1 aromatic carbocycles. The molecule has 5 atom stereocenters. The Morgan fingerprint density at radius 1 is 1.17 bits per heavy atom. The van der Waals surface area contributed by atoms with E-state index in [0.717, 1.165) is 32.1 Å². The summed E-state index contributed by atoms with van der Waals surface area (Å²) in [6.45, 7) is 2.32. The van der Waals surface area contributed by atoms with E-state index in [2.05, 4.69) is 13.0 Å². The largest absolute Gasteiger partial charge is 0.504 e. The van der Waals surface area contributed by atoms with E-state index >= 15 is 0 Å². The summed E-state index contributed by atoms with van der Waals surface area (Å²) in [5.74, 6) is 2.74. The van der Waals surface area contributed by atoms with Gasteiger partial charge in [0.05, 0.1) is 13.2 Å². The molecule has 0 heterocycles. The van der Waals surface area contributed by atoms with Gasteiger partial charge >= 0.3 is 0 Å². The van der Waals surface area contributed by atoms with Crippen molar-refractivity contribution >= 4 is 0 Å². The van der Waals surface area contributed by atoms with E-state index in [0.29, 0.717) is 23.5 Å². The molecular formula is C20H28O3. The number of aliphatic hydroxyl groups excluding tert-OH is 1. The Bertz CT molecular complexity index is 611. The normalized spacial score (nSPS) is 39.1. The fourth-order valence-electron chi connectivity index (χ4n) is 5.92. The van der Waals surface area contributed by atoms with Crippen molar-refractivity contribution in [1.82, 2.24) is 0 Å². The van der Waals surface area contributed by atoms with Crippen LogP contribution in [0.1, 0.15) is 62.5 Å². The summed E-state index contributed by atoms with van der Waals surface area (Å²) >= 11 is 0. The van der Waals surface area contributed by atoms with Crippen LogP contribution in [0.3, 0.4) is 0 Å². The van der Waals surface area contributed by atoms with Gasteiger partial charge in [0.2, 0.25) is 0 Å². The molecule has 3 heteroatoms. The molecule has 0 amide bonds. The fourth-order valence-corrected chi connectivity index (χ4v) is 5.92. The number of methoxy groups -OCH3 is 1. The maximum Gasteiger partial charge on any atom is 0.160 e. The molecule has 0 saturated heterocycles. The number of phenols is 1. The molecule has 0 aliphatic heterocycles.